The zero-order chi connectivity index (χ0) is 14.5. The standard InChI is InChI=1S/C16H22N2OS/c1-11(2)13-6-4-12(5-7-13)8-15(18-17)16-9-14(19-3)10-20-16/h4-7,9-11,15,18H,8,17H2,1-3H3. The Labute approximate surface area is 124 Å². The molecule has 108 valence electrons. The molecule has 1 atom stereocenters. The van der Waals surface area contributed by atoms with Crippen LogP contribution in [-0.2, 0) is 6.42 Å². The van der Waals surface area contributed by atoms with E-state index in [1.807, 2.05) is 11.4 Å². The predicted molar refractivity (Wildman–Crippen MR) is 85.2 cm³/mol. The Morgan fingerprint density at radius 3 is 2.45 bits per heavy atom. The molecule has 20 heavy (non-hydrogen) atoms. The van der Waals surface area contributed by atoms with Crippen LogP contribution in [0.3, 0.4) is 0 Å². The molecule has 0 radical (unpaired) electrons. The summed E-state index contributed by atoms with van der Waals surface area (Å²) in [5.74, 6) is 7.15. The van der Waals surface area contributed by atoms with Crippen LogP contribution in [0.4, 0.5) is 0 Å². The van der Waals surface area contributed by atoms with E-state index >= 15 is 0 Å². The van der Waals surface area contributed by atoms with Gasteiger partial charge < -0.3 is 4.74 Å². The molecule has 0 aliphatic rings. The largest absolute Gasteiger partial charge is 0.496 e. The zero-order valence-corrected chi connectivity index (χ0v) is 13.0. The minimum absolute atomic E-state index is 0.119. The van der Waals surface area contributed by atoms with E-state index in [2.05, 4.69) is 43.5 Å². The average Bonchev–Trinajstić information content (AvgIpc) is 2.94. The summed E-state index contributed by atoms with van der Waals surface area (Å²) in [4.78, 5) is 1.19. The summed E-state index contributed by atoms with van der Waals surface area (Å²) in [7, 11) is 1.68. The zero-order valence-electron chi connectivity index (χ0n) is 12.2. The Bertz CT molecular complexity index is 534. The molecular weight excluding hydrogens is 268 g/mol. The average molecular weight is 290 g/mol. The highest BCUT2D eigenvalue weighted by molar-refractivity contribution is 7.10. The normalized spacial score (nSPS) is 12.7. The van der Waals surface area contributed by atoms with Gasteiger partial charge in [0.15, 0.2) is 0 Å². The van der Waals surface area contributed by atoms with E-state index in [1.54, 1.807) is 18.4 Å². The fourth-order valence-electron chi connectivity index (χ4n) is 2.14. The van der Waals surface area contributed by atoms with Gasteiger partial charge in [0.25, 0.3) is 0 Å². The van der Waals surface area contributed by atoms with Crippen molar-refractivity contribution in [2.45, 2.75) is 32.2 Å². The van der Waals surface area contributed by atoms with Gasteiger partial charge in [-0.1, -0.05) is 38.1 Å². The van der Waals surface area contributed by atoms with E-state index in [-0.39, 0.29) is 6.04 Å². The first-order valence-corrected chi connectivity index (χ1v) is 7.69. The van der Waals surface area contributed by atoms with E-state index in [1.165, 1.54) is 16.0 Å². The minimum Gasteiger partial charge on any atom is -0.496 e. The fraction of sp³-hybridized carbons (Fsp3) is 0.375. The first-order valence-electron chi connectivity index (χ1n) is 6.81. The summed E-state index contributed by atoms with van der Waals surface area (Å²) in [5.41, 5.74) is 5.54. The number of rotatable bonds is 6. The Morgan fingerprint density at radius 1 is 1.25 bits per heavy atom. The molecule has 1 aromatic carbocycles. The summed E-state index contributed by atoms with van der Waals surface area (Å²) in [5, 5.41) is 2.00. The maximum absolute atomic E-state index is 5.70. The van der Waals surface area contributed by atoms with Crippen molar-refractivity contribution < 1.29 is 4.74 Å². The summed E-state index contributed by atoms with van der Waals surface area (Å²) in [6.07, 6.45) is 0.874. The van der Waals surface area contributed by atoms with Crippen molar-refractivity contribution in [1.82, 2.24) is 5.43 Å². The van der Waals surface area contributed by atoms with Crippen LogP contribution in [0.15, 0.2) is 35.7 Å². The van der Waals surface area contributed by atoms with Gasteiger partial charge in [0.2, 0.25) is 0 Å². The summed E-state index contributed by atoms with van der Waals surface area (Å²) in [6.45, 7) is 4.41. The Hall–Kier alpha value is -1.36. The number of nitrogens with one attached hydrogen (secondary N) is 1. The highest BCUT2D eigenvalue weighted by atomic mass is 32.1. The molecule has 2 aromatic rings. The Morgan fingerprint density at radius 2 is 1.95 bits per heavy atom. The Kier molecular flexibility index (Phi) is 5.17. The lowest BCUT2D eigenvalue weighted by Crippen LogP contribution is -2.28. The van der Waals surface area contributed by atoms with Gasteiger partial charge >= 0.3 is 0 Å². The number of methoxy groups -OCH3 is 1. The second-order valence-corrected chi connectivity index (χ2v) is 6.15. The second kappa shape index (κ2) is 6.88. The molecule has 0 fully saturated rings. The van der Waals surface area contributed by atoms with Crippen LogP contribution in [0.2, 0.25) is 0 Å². The monoisotopic (exact) mass is 290 g/mol. The molecule has 1 unspecified atom stereocenters. The third-order valence-electron chi connectivity index (χ3n) is 3.46. The van der Waals surface area contributed by atoms with Gasteiger partial charge in [0.1, 0.15) is 5.75 Å². The van der Waals surface area contributed by atoms with E-state index in [9.17, 15) is 0 Å². The van der Waals surface area contributed by atoms with E-state index in [0.29, 0.717) is 5.92 Å². The molecule has 0 amide bonds. The molecule has 3 N–H and O–H groups in total. The molecular formula is C16H22N2OS. The van der Waals surface area contributed by atoms with Gasteiger partial charge in [-0.2, -0.15) is 0 Å². The van der Waals surface area contributed by atoms with Gasteiger partial charge in [-0.15, -0.1) is 11.3 Å². The summed E-state index contributed by atoms with van der Waals surface area (Å²) < 4.78 is 5.22. The lowest BCUT2D eigenvalue weighted by Gasteiger charge is -2.15. The molecule has 0 aliphatic heterocycles. The molecule has 3 nitrogen and oxygen atoms in total. The quantitative estimate of drug-likeness (QED) is 0.631. The summed E-state index contributed by atoms with van der Waals surface area (Å²) >= 11 is 1.67. The summed E-state index contributed by atoms with van der Waals surface area (Å²) in [6, 6.07) is 10.9. The molecule has 0 aliphatic carbocycles. The highest BCUT2D eigenvalue weighted by Gasteiger charge is 2.13. The number of ether oxygens (including phenoxy) is 1. The lowest BCUT2D eigenvalue weighted by molar-refractivity contribution is 0.415. The maximum Gasteiger partial charge on any atom is 0.129 e. The second-order valence-electron chi connectivity index (χ2n) is 5.21. The van der Waals surface area contributed by atoms with Crippen LogP contribution in [0.5, 0.6) is 5.75 Å². The van der Waals surface area contributed by atoms with Crippen molar-refractivity contribution in [2.75, 3.05) is 7.11 Å². The van der Waals surface area contributed by atoms with Crippen LogP contribution >= 0.6 is 11.3 Å². The van der Waals surface area contributed by atoms with Crippen molar-refractivity contribution in [3.05, 3.63) is 51.7 Å². The van der Waals surface area contributed by atoms with Crippen LogP contribution in [0.1, 0.15) is 41.8 Å². The third kappa shape index (κ3) is 3.60. The molecule has 4 heteroatoms. The first kappa shape index (κ1) is 15.0. The molecule has 0 saturated carbocycles. The van der Waals surface area contributed by atoms with Crippen molar-refractivity contribution in [1.29, 1.82) is 0 Å². The molecule has 1 heterocycles. The third-order valence-corrected chi connectivity index (χ3v) is 4.49. The van der Waals surface area contributed by atoms with E-state index in [4.69, 9.17) is 10.6 Å². The maximum atomic E-state index is 5.70. The Balaban J connectivity index is 2.09. The first-order chi connectivity index (χ1) is 9.63. The number of hydrogen-bond donors (Lipinski definition) is 2. The fourth-order valence-corrected chi connectivity index (χ4v) is 3.06. The van der Waals surface area contributed by atoms with E-state index in [0.717, 1.165) is 12.2 Å². The number of hydrazine groups is 1. The van der Waals surface area contributed by atoms with Crippen LogP contribution in [-0.4, -0.2) is 7.11 Å². The SMILES string of the molecule is COc1csc(C(Cc2ccc(C(C)C)cc2)NN)c1. The smallest absolute Gasteiger partial charge is 0.129 e. The van der Waals surface area contributed by atoms with Crippen molar-refractivity contribution in [2.24, 2.45) is 5.84 Å². The number of hydrogen-bond acceptors (Lipinski definition) is 4. The highest BCUT2D eigenvalue weighted by Crippen LogP contribution is 2.28. The number of thiophene rings is 1. The van der Waals surface area contributed by atoms with Crippen molar-refractivity contribution >= 4 is 11.3 Å². The number of benzene rings is 1. The predicted octanol–water partition coefficient (Wildman–Crippen LogP) is 3.63. The van der Waals surface area contributed by atoms with Gasteiger partial charge in [-0.3, -0.25) is 11.3 Å². The molecule has 2 rings (SSSR count). The topological polar surface area (TPSA) is 47.3 Å². The van der Waals surface area contributed by atoms with Gasteiger partial charge in [0.05, 0.1) is 13.2 Å². The van der Waals surface area contributed by atoms with Crippen molar-refractivity contribution in [3.8, 4) is 5.75 Å². The molecule has 0 spiro atoms. The minimum atomic E-state index is 0.119. The molecule has 0 bridgehead atoms. The van der Waals surface area contributed by atoms with E-state index < -0.39 is 0 Å². The lowest BCUT2D eigenvalue weighted by atomic mass is 9.99. The number of nitrogens with two attached hydrogens (primary N) is 1. The van der Waals surface area contributed by atoms with Gasteiger partial charge in [-0.05, 0) is 29.5 Å². The van der Waals surface area contributed by atoms with Gasteiger partial charge in [0, 0.05) is 10.3 Å². The van der Waals surface area contributed by atoms with Crippen LogP contribution in [0, 0.1) is 0 Å². The van der Waals surface area contributed by atoms with Crippen LogP contribution < -0.4 is 16.0 Å². The van der Waals surface area contributed by atoms with Crippen LogP contribution in [0.25, 0.3) is 0 Å². The van der Waals surface area contributed by atoms with Crippen molar-refractivity contribution in [3.63, 3.8) is 0 Å². The van der Waals surface area contributed by atoms with Gasteiger partial charge in [-0.25, -0.2) is 0 Å². The molecule has 1 aromatic heterocycles. The molecule has 0 saturated heterocycles.